The minimum absolute atomic E-state index is 0.00537. The van der Waals surface area contributed by atoms with E-state index in [1.807, 2.05) is 0 Å². The third-order valence-corrected chi connectivity index (χ3v) is 2.20. The van der Waals surface area contributed by atoms with Gasteiger partial charge in [-0.05, 0) is 30.7 Å². The van der Waals surface area contributed by atoms with Gasteiger partial charge in [-0.15, -0.1) is 0 Å². The molecule has 1 rings (SSSR count). The molecule has 2 nitrogen and oxygen atoms in total. The molecular weight excluding hydrogens is 238 g/mol. The molecule has 0 bridgehead atoms. The van der Waals surface area contributed by atoms with Gasteiger partial charge >= 0.3 is 6.18 Å². The van der Waals surface area contributed by atoms with Gasteiger partial charge in [0.15, 0.2) is 0 Å². The standard InChI is InChI=1S/C11H13F4NO/c1-2-17-10(6-16)7-3-8(11(13,14)15)5-9(12)4-7/h3-5,10H,2,6,16H2,1H3. The third kappa shape index (κ3) is 3.67. The Hall–Kier alpha value is -1.14. The van der Waals surface area contributed by atoms with E-state index in [-0.39, 0.29) is 12.1 Å². The maximum atomic E-state index is 13.1. The summed E-state index contributed by atoms with van der Waals surface area (Å²) < 4.78 is 55.6. The monoisotopic (exact) mass is 251 g/mol. The Labute approximate surface area is 96.4 Å². The smallest absolute Gasteiger partial charge is 0.372 e. The van der Waals surface area contributed by atoms with Gasteiger partial charge in [-0.1, -0.05) is 0 Å². The molecule has 6 heteroatoms. The van der Waals surface area contributed by atoms with Crippen molar-refractivity contribution in [3.05, 3.63) is 35.1 Å². The van der Waals surface area contributed by atoms with Crippen molar-refractivity contribution < 1.29 is 22.3 Å². The first-order valence-corrected chi connectivity index (χ1v) is 5.07. The lowest BCUT2D eigenvalue weighted by atomic mass is 10.1. The van der Waals surface area contributed by atoms with E-state index in [0.717, 1.165) is 12.1 Å². The van der Waals surface area contributed by atoms with Crippen molar-refractivity contribution in [2.45, 2.75) is 19.2 Å². The minimum Gasteiger partial charge on any atom is -0.372 e. The van der Waals surface area contributed by atoms with E-state index in [2.05, 4.69) is 0 Å². The lowest BCUT2D eigenvalue weighted by molar-refractivity contribution is -0.137. The van der Waals surface area contributed by atoms with E-state index in [1.165, 1.54) is 0 Å². The highest BCUT2D eigenvalue weighted by atomic mass is 19.4. The van der Waals surface area contributed by atoms with Gasteiger partial charge in [0.25, 0.3) is 0 Å². The summed E-state index contributed by atoms with van der Waals surface area (Å²) in [6.07, 6.45) is -5.31. The Morgan fingerprint density at radius 2 is 1.94 bits per heavy atom. The van der Waals surface area contributed by atoms with Crippen molar-refractivity contribution in [2.75, 3.05) is 13.2 Å². The normalized spacial score (nSPS) is 13.8. The van der Waals surface area contributed by atoms with Gasteiger partial charge in [0.05, 0.1) is 11.7 Å². The fraction of sp³-hybridized carbons (Fsp3) is 0.455. The molecule has 2 N–H and O–H groups in total. The number of halogens is 4. The van der Waals surface area contributed by atoms with Crippen molar-refractivity contribution in [3.8, 4) is 0 Å². The van der Waals surface area contributed by atoms with Crippen molar-refractivity contribution in [1.29, 1.82) is 0 Å². The Kier molecular flexibility index (Phi) is 4.47. The molecule has 1 aromatic rings. The number of hydrogen-bond acceptors (Lipinski definition) is 2. The Bertz CT molecular complexity index is 378. The zero-order valence-corrected chi connectivity index (χ0v) is 9.22. The molecule has 0 aliphatic carbocycles. The van der Waals surface area contributed by atoms with E-state index < -0.39 is 23.7 Å². The van der Waals surface area contributed by atoms with Gasteiger partial charge in [0.1, 0.15) is 5.82 Å². The fourth-order valence-electron chi connectivity index (χ4n) is 1.46. The van der Waals surface area contributed by atoms with Gasteiger partial charge < -0.3 is 10.5 Å². The van der Waals surface area contributed by atoms with E-state index in [0.29, 0.717) is 12.7 Å². The quantitative estimate of drug-likeness (QED) is 0.835. The molecule has 0 aliphatic rings. The molecule has 0 spiro atoms. The molecule has 0 fully saturated rings. The van der Waals surface area contributed by atoms with E-state index in [4.69, 9.17) is 10.5 Å². The van der Waals surface area contributed by atoms with Crippen LogP contribution in [0.1, 0.15) is 24.2 Å². The molecule has 0 aliphatic heterocycles. The summed E-state index contributed by atoms with van der Waals surface area (Å²) >= 11 is 0. The second-order valence-corrected chi connectivity index (χ2v) is 3.45. The van der Waals surface area contributed by atoms with Crippen molar-refractivity contribution in [3.63, 3.8) is 0 Å². The first-order chi connectivity index (χ1) is 7.88. The minimum atomic E-state index is -4.58. The van der Waals surface area contributed by atoms with Crippen LogP contribution in [-0.2, 0) is 10.9 Å². The summed E-state index contributed by atoms with van der Waals surface area (Å²) in [6, 6.07) is 2.31. The highest BCUT2D eigenvalue weighted by Crippen LogP contribution is 2.32. The molecule has 1 unspecified atom stereocenters. The molecular formula is C11H13F4NO. The summed E-state index contributed by atoms with van der Waals surface area (Å²) in [4.78, 5) is 0. The Morgan fingerprint density at radius 3 is 2.41 bits per heavy atom. The molecule has 96 valence electrons. The van der Waals surface area contributed by atoms with E-state index in [9.17, 15) is 17.6 Å². The van der Waals surface area contributed by atoms with Crippen LogP contribution in [0.15, 0.2) is 18.2 Å². The number of rotatable bonds is 4. The number of alkyl halides is 3. The average Bonchev–Trinajstić information content (AvgIpc) is 2.23. The molecule has 0 saturated carbocycles. The van der Waals surface area contributed by atoms with Crippen molar-refractivity contribution in [2.24, 2.45) is 5.73 Å². The molecule has 0 amide bonds. The highest BCUT2D eigenvalue weighted by Gasteiger charge is 2.32. The van der Waals surface area contributed by atoms with Crippen LogP contribution >= 0.6 is 0 Å². The zero-order chi connectivity index (χ0) is 13.1. The lowest BCUT2D eigenvalue weighted by Gasteiger charge is -2.17. The van der Waals surface area contributed by atoms with Gasteiger partial charge in [-0.3, -0.25) is 0 Å². The molecule has 0 saturated heterocycles. The summed E-state index contributed by atoms with van der Waals surface area (Å²) in [5, 5.41) is 0. The van der Waals surface area contributed by atoms with Crippen LogP contribution in [0, 0.1) is 5.82 Å². The summed E-state index contributed by atoms with van der Waals surface area (Å²) in [6.45, 7) is 1.97. The number of benzene rings is 1. The first-order valence-electron chi connectivity index (χ1n) is 5.07. The van der Waals surface area contributed by atoms with Gasteiger partial charge in [0, 0.05) is 13.2 Å². The largest absolute Gasteiger partial charge is 0.416 e. The van der Waals surface area contributed by atoms with Crippen LogP contribution in [0.5, 0.6) is 0 Å². The topological polar surface area (TPSA) is 35.2 Å². The fourth-order valence-corrected chi connectivity index (χ4v) is 1.46. The molecule has 0 radical (unpaired) electrons. The Morgan fingerprint density at radius 1 is 1.29 bits per heavy atom. The highest BCUT2D eigenvalue weighted by molar-refractivity contribution is 5.28. The third-order valence-electron chi connectivity index (χ3n) is 2.20. The van der Waals surface area contributed by atoms with Crippen LogP contribution < -0.4 is 5.73 Å². The summed E-state index contributed by atoms with van der Waals surface area (Å²) in [5.41, 5.74) is 4.43. The SMILES string of the molecule is CCOC(CN)c1cc(F)cc(C(F)(F)F)c1. The van der Waals surface area contributed by atoms with Gasteiger partial charge in [-0.2, -0.15) is 13.2 Å². The first kappa shape index (κ1) is 13.9. The van der Waals surface area contributed by atoms with Gasteiger partial charge in [-0.25, -0.2) is 4.39 Å². The van der Waals surface area contributed by atoms with E-state index in [1.54, 1.807) is 6.92 Å². The second kappa shape index (κ2) is 5.46. The molecule has 1 atom stereocenters. The number of nitrogens with two attached hydrogens (primary N) is 1. The predicted molar refractivity (Wildman–Crippen MR) is 54.8 cm³/mol. The second-order valence-electron chi connectivity index (χ2n) is 3.45. The predicted octanol–water partition coefficient (Wildman–Crippen LogP) is 2.88. The van der Waals surface area contributed by atoms with Crippen molar-refractivity contribution >= 4 is 0 Å². The Balaban J connectivity index is 3.12. The molecule has 17 heavy (non-hydrogen) atoms. The lowest BCUT2D eigenvalue weighted by Crippen LogP contribution is -2.17. The molecule has 0 heterocycles. The van der Waals surface area contributed by atoms with Gasteiger partial charge in [0.2, 0.25) is 0 Å². The molecule has 1 aromatic carbocycles. The summed E-state index contributed by atoms with van der Waals surface area (Å²) in [5.74, 6) is -0.951. The maximum absolute atomic E-state index is 13.1. The molecule has 0 aromatic heterocycles. The van der Waals surface area contributed by atoms with Crippen LogP contribution in [0.2, 0.25) is 0 Å². The summed E-state index contributed by atoms with van der Waals surface area (Å²) in [7, 11) is 0. The number of hydrogen-bond donors (Lipinski definition) is 1. The average molecular weight is 251 g/mol. The van der Waals surface area contributed by atoms with Crippen LogP contribution in [-0.4, -0.2) is 13.2 Å². The van der Waals surface area contributed by atoms with Crippen LogP contribution in [0.4, 0.5) is 17.6 Å². The van der Waals surface area contributed by atoms with Crippen LogP contribution in [0.25, 0.3) is 0 Å². The maximum Gasteiger partial charge on any atom is 0.416 e. The number of ether oxygens (including phenoxy) is 1. The zero-order valence-electron chi connectivity index (χ0n) is 9.22. The van der Waals surface area contributed by atoms with E-state index >= 15 is 0 Å². The van der Waals surface area contributed by atoms with Crippen LogP contribution in [0.3, 0.4) is 0 Å². The van der Waals surface area contributed by atoms with Crippen molar-refractivity contribution in [1.82, 2.24) is 0 Å².